The molecule has 1 aliphatic rings. The predicted octanol–water partition coefficient (Wildman–Crippen LogP) is 3.83. The molecule has 1 unspecified atom stereocenters. The number of hydrogen-bond acceptors (Lipinski definition) is 2. The Bertz CT molecular complexity index is 733. The van der Waals surface area contributed by atoms with Crippen LogP contribution in [-0.2, 0) is 7.05 Å². The monoisotopic (exact) mass is 308 g/mol. The first-order valence-electron chi connectivity index (χ1n) is 8.30. The zero-order valence-corrected chi connectivity index (χ0v) is 14.7. The minimum absolute atomic E-state index is 0.327. The van der Waals surface area contributed by atoms with Crippen LogP contribution in [0.3, 0.4) is 0 Å². The van der Waals surface area contributed by atoms with Crippen LogP contribution in [0.2, 0.25) is 0 Å². The summed E-state index contributed by atoms with van der Waals surface area (Å²) in [6.07, 6.45) is 4.70. The van der Waals surface area contributed by atoms with Gasteiger partial charge in [0.05, 0.1) is 7.05 Å². The molecule has 2 heterocycles. The fourth-order valence-electron chi connectivity index (χ4n) is 3.38. The maximum Gasteiger partial charge on any atom is 0.283 e. The van der Waals surface area contributed by atoms with Crippen molar-refractivity contribution in [2.75, 3.05) is 4.90 Å². The summed E-state index contributed by atoms with van der Waals surface area (Å²) in [7, 11) is 2.15. The van der Waals surface area contributed by atoms with Crippen LogP contribution < -0.4 is 9.47 Å². The van der Waals surface area contributed by atoms with E-state index in [1.54, 1.807) is 0 Å². The molecule has 0 fully saturated rings. The average molecular weight is 308 g/mol. The van der Waals surface area contributed by atoms with E-state index >= 15 is 0 Å². The molecule has 0 bridgehead atoms. The lowest BCUT2D eigenvalue weighted by molar-refractivity contribution is -0.647. The lowest BCUT2D eigenvalue weighted by Crippen LogP contribution is -2.45. The van der Waals surface area contributed by atoms with Crippen molar-refractivity contribution in [2.24, 2.45) is 7.05 Å². The van der Waals surface area contributed by atoms with Crippen LogP contribution in [0.15, 0.2) is 54.9 Å². The number of hydrogen-bond donors (Lipinski definition) is 0. The number of aromatic nitrogens is 1. The van der Waals surface area contributed by atoms with E-state index in [0.29, 0.717) is 12.2 Å². The van der Waals surface area contributed by atoms with Crippen molar-refractivity contribution in [3.05, 3.63) is 60.4 Å². The molecule has 2 aromatic rings. The number of rotatable bonds is 3. The number of anilines is 1. The van der Waals surface area contributed by atoms with E-state index in [-0.39, 0.29) is 0 Å². The van der Waals surface area contributed by atoms with Gasteiger partial charge in [-0.2, -0.15) is 0 Å². The van der Waals surface area contributed by atoms with Crippen LogP contribution in [0.1, 0.15) is 26.3 Å². The van der Waals surface area contributed by atoms with E-state index in [0.717, 1.165) is 0 Å². The van der Waals surface area contributed by atoms with Crippen LogP contribution in [0, 0.1) is 6.92 Å². The summed E-state index contributed by atoms with van der Waals surface area (Å²) < 4.78 is 2.28. The van der Waals surface area contributed by atoms with Crippen molar-refractivity contribution in [1.82, 2.24) is 4.90 Å². The van der Waals surface area contributed by atoms with Crippen LogP contribution in [0.25, 0.3) is 11.3 Å². The van der Waals surface area contributed by atoms with Crippen molar-refractivity contribution in [1.29, 1.82) is 0 Å². The summed E-state index contributed by atoms with van der Waals surface area (Å²) in [6.45, 7) is 8.88. The Morgan fingerprint density at radius 2 is 1.74 bits per heavy atom. The number of nitrogens with zero attached hydrogens (tertiary/aromatic N) is 3. The van der Waals surface area contributed by atoms with Gasteiger partial charge in [0.15, 0.2) is 6.17 Å². The molecule has 3 heteroatoms. The lowest BCUT2D eigenvalue weighted by atomic mass is 10.0. The fraction of sp³-hybridized carbons (Fsp3) is 0.350. The largest absolute Gasteiger partial charge is 0.334 e. The summed E-state index contributed by atoms with van der Waals surface area (Å²) in [5, 5.41) is 0. The van der Waals surface area contributed by atoms with Gasteiger partial charge in [0.2, 0.25) is 0 Å². The van der Waals surface area contributed by atoms with E-state index in [2.05, 4.69) is 104 Å². The first-order chi connectivity index (χ1) is 11.0. The minimum atomic E-state index is 0.327. The van der Waals surface area contributed by atoms with Crippen LogP contribution in [-0.4, -0.2) is 17.1 Å². The normalized spacial score (nSPS) is 17.4. The molecule has 0 radical (unpaired) electrons. The van der Waals surface area contributed by atoms with E-state index in [1.807, 2.05) is 0 Å². The van der Waals surface area contributed by atoms with Crippen molar-refractivity contribution in [3.8, 4) is 11.3 Å². The van der Waals surface area contributed by atoms with Gasteiger partial charge in [-0.25, -0.2) is 9.47 Å². The summed E-state index contributed by atoms with van der Waals surface area (Å²) in [4.78, 5) is 4.71. The smallest absolute Gasteiger partial charge is 0.283 e. The molecular weight excluding hydrogens is 282 g/mol. The second kappa shape index (κ2) is 6.07. The average Bonchev–Trinajstić information content (AvgIpc) is 2.90. The van der Waals surface area contributed by atoms with Gasteiger partial charge in [0.25, 0.3) is 5.82 Å². The predicted molar refractivity (Wildman–Crippen MR) is 95.8 cm³/mol. The standard InChI is InChI=1S/C20H26N3/c1-15(2)22-13-14-23(17(22)4)20-12-8-11-19(21(20)5)18-10-7-6-9-16(18)3/h6-15,17H,1-5H3/q+1. The van der Waals surface area contributed by atoms with Gasteiger partial charge in [-0.05, 0) is 45.4 Å². The molecule has 0 N–H and O–H groups in total. The van der Waals surface area contributed by atoms with Gasteiger partial charge in [0, 0.05) is 23.9 Å². The third kappa shape index (κ3) is 2.72. The molecule has 1 atom stereocenters. The van der Waals surface area contributed by atoms with Gasteiger partial charge < -0.3 is 4.90 Å². The van der Waals surface area contributed by atoms with Crippen molar-refractivity contribution < 1.29 is 4.57 Å². The highest BCUT2D eigenvalue weighted by Crippen LogP contribution is 2.26. The second-order valence-corrected chi connectivity index (χ2v) is 6.52. The SMILES string of the molecule is Cc1ccccc1-c1cccc(N2C=CN(C(C)C)C2C)[n+]1C. The van der Waals surface area contributed by atoms with Crippen molar-refractivity contribution >= 4 is 5.82 Å². The van der Waals surface area contributed by atoms with Gasteiger partial charge >= 0.3 is 0 Å². The molecule has 23 heavy (non-hydrogen) atoms. The Morgan fingerprint density at radius 3 is 2.39 bits per heavy atom. The van der Waals surface area contributed by atoms with Crippen LogP contribution >= 0.6 is 0 Å². The molecule has 1 aromatic heterocycles. The highest BCUT2D eigenvalue weighted by molar-refractivity contribution is 5.61. The third-order valence-corrected chi connectivity index (χ3v) is 4.72. The first-order valence-corrected chi connectivity index (χ1v) is 8.30. The fourth-order valence-corrected chi connectivity index (χ4v) is 3.38. The van der Waals surface area contributed by atoms with Crippen LogP contribution in [0.5, 0.6) is 0 Å². The Balaban J connectivity index is 2.02. The zero-order chi connectivity index (χ0) is 16.6. The van der Waals surface area contributed by atoms with Gasteiger partial charge in [-0.15, -0.1) is 0 Å². The maximum absolute atomic E-state index is 2.38. The topological polar surface area (TPSA) is 10.4 Å². The summed E-state index contributed by atoms with van der Waals surface area (Å²) in [5.41, 5.74) is 3.83. The Labute approximate surface area is 139 Å². The number of pyridine rings is 1. The molecule has 0 aliphatic carbocycles. The highest BCUT2D eigenvalue weighted by Gasteiger charge is 2.33. The second-order valence-electron chi connectivity index (χ2n) is 6.52. The summed E-state index contributed by atoms with van der Waals surface area (Å²) in [6, 6.07) is 15.6. The van der Waals surface area contributed by atoms with Crippen LogP contribution in [0.4, 0.5) is 5.82 Å². The molecule has 0 amide bonds. The van der Waals surface area contributed by atoms with E-state index in [1.165, 1.54) is 22.6 Å². The minimum Gasteiger partial charge on any atom is -0.334 e. The van der Waals surface area contributed by atoms with Gasteiger partial charge in [-0.3, -0.25) is 0 Å². The highest BCUT2D eigenvalue weighted by atomic mass is 15.4. The number of aryl methyl sites for hydroxylation is 1. The molecule has 1 aromatic carbocycles. The van der Waals surface area contributed by atoms with Crippen molar-refractivity contribution in [3.63, 3.8) is 0 Å². The van der Waals surface area contributed by atoms with Crippen molar-refractivity contribution in [2.45, 2.75) is 39.9 Å². The lowest BCUT2D eigenvalue weighted by Gasteiger charge is -2.28. The molecule has 0 spiro atoms. The molecule has 3 rings (SSSR count). The van der Waals surface area contributed by atoms with Gasteiger partial charge in [0.1, 0.15) is 11.9 Å². The van der Waals surface area contributed by atoms with Gasteiger partial charge in [-0.1, -0.05) is 24.3 Å². The maximum atomic E-state index is 2.38. The zero-order valence-electron chi connectivity index (χ0n) is 14.7. The molecule has 0 saturated carbocycles. The summed E-state index contributed by atoms with van der Waals surface area (Å²) in [5.74, 6) is 1.21. The molecular formula is C20H26N3+. The first kappa shape index (κ1) is 15.6. The van der Waals surface area contributed by atoms with E-state index < -0.39 is 0 Å². The quantitative estimate of drug-likeness (QED) is 0.798. The molecule has 120 valence electrons. The number of benzene rings is 1. The van der Waals surface area contributed by atoms with E-state index in [4.69, 9.17) is 0 Å². The molecule has 0 saturated heterocycles. The summed E-state index contributed by atoms with van der Waals surface area (Å²) >= 11 is 0. The Hall–Kier alpha value is -2.29. The molecule has 3 nitrogen and oxygen atoms in total. The van der Waals surface area contributed by atoms with E-state index in [9.17, 15) is 0 Å². The molecule has 1 aliphatic heterocycles. The third-order valence-electron chi connectivity index (χ3n) is 4.72. The Morgan fingerprint density at radius 1 is 1.00 bits per heavy atom. The Kier molecular flexibility index (Phi) is 4.12.